The zero-order chi connectivity index (χ0) is 29.6. The highest BCUT2D eigenvalue weighted by molar-refractivity contribution is 5.58. The molecule has 2 aromatic heterocycles. The van der Waals surface area contributed by atoms with Crippen LogP contribution in [0.4, 0.5) is 0 Å². The van der Waals surface area contributed by atoms with E-state index in [4.69, 9.17) is 21.3 Å². The van der Waals surface area contributed by atoms with Crippen LogP contribution in [-0.2, 0) is 0 Å². The number of ether oxygens (including phenoxy) is 1. The van der Waals surface area contributed by atoms with Crippen LogP contribution < -0.4 is 16.3 Å². The van der Waals surface area contributed by atoms with Gasteiger partial charge in [-0.1, -0.05) is 17.3 Å². The van der Waals surface area contributed by atoms with Gasteiger partial charge in [0.2, 0.25) is 5.88 Å². The van der Waals surface area contributed by atoms with E-state index in [0.717, 1.165) is 100 Å². The molecule has 0 amide bonds. The molecule has 2 aliphatic rings. The fourth-order valence-electron chi connectivity index (χ4n) is 6.05. The van der Waals surface area contributed by atoms with Gasteiger partial charge in [0.05, 0.1) is 17.4 Å². The molecule has 226 valence electrons. The minimum Gasteiger partial charge on any atom is -0.439 e. The predicted molar refractivity (Wildman–Crippen MR) is 166 cm³/mol. The number of piperazine rings is 1. The smallest absolute Gasteiger partial charge is 0.219 e. The van der Waals surface area contributed by atoms with Crippen LogP contribution in [-0.4, -0.2) is 106 Å². The molecule has 11 heteroatoms. The molecule has 2 fully saturated rings. The number of hydrazine groups is 1. The summed E-state index contributed by atoms with van der Waals surface area (Å²) >= 11 is 0. The molecule has 5 rings (SSSR count). The van der Waals surface area contributed by atoms with Crippen LogP contribution in [0.1, 0.15) is 35.7 Å². The van der Waals surface area contributed by atoms with E-state index in [1.54, 1.807) is 13.2 Å². The lowest BCUT2D eigenvalue weighted by molar-refractivity contribution is 0.111. The summed E-state index contributed by atoms with van der Waals surface area (Å²) in [6.07, 6.45) is 3.88. The highest BCUT2D eigenvalue weighted by atomic mass is 16.5. The maximum atomic E-state index is 6.14. The van der Waals surface area contributed by atoms with Gasteiger partial charge in [0.1, 0.15) is 11.4 Å². The van der Waals surface area contributed by atoms with Crippen LogP contribution >= 0.6 is 0 Å². The van der Waals surface area contributed by atoms with Crippen molar-refractivity contribution in [3.63, 3.8) is 0 Å². The van der Waals surface area contributed by atoms with Crippen molar-refractivity contribution >= 4 is 0 Å². The van der Waals surface area contributed by atoms with Gasteiger partial charge in [0.15, 0.2) is 0 Å². The van der Waals surface area contributed by atoms with E-state index >= 15 is 0 Å². The van der Waals surface area contributed by atoms with Gasteiger partial charge < -0.3 is 20.4 Å². The van der Waals surface area contributed by atoms with Crippen molar-refractivity contribution in [3.05, 3.63) is 65.1 Å². The van der Waals surface area contributed by atoms with Crippen LogP contribution in [0.5, 0.6) is 11.6 Å². The van der Waals surface area contributed by atoms with E-state index in [-0.39, 0.29) is 0 Å². The Hall–Kier alpha value is -3.51. The van der Waals surface area contributed by atoms with Crippen molar-refractivity contribution in [2.24, 2.45) is 11.6 Å². The largest absolute Gasteiger partial charge is 0.439 e. The molecule has 42 heavy (non-hydrogen) atoms. The summed E-state index contributed by atoms with van der Waals surface area (Å²) < 4.78 is 8.24. The van der Waals surface area contributed by atoms with E-state index in [2.05, 4.69) is 49.6 Å². The van der Waals surface area contributed by atoms with Crippen LogP contribution in [0.15, 0.2) is 48.3 Å². The zero-order valence-electron chi connectivity index (χ0n) is 25.5. The average molecular weight is 575 g/mol. The lowest BCUT2D eigenvalue weighted by atomic mass is 10.0. The SMILES string of the molecule is Cc1cc(C)cc(Oc2cccc(-c3c(C)nnn3C3CCN(CCN4CCN(C/C(N)=C/N(C)N)CC4)CC3)n2)c1. The molecule has 0 saturated carbocycles. The Morgan fingerprint density at radius 1 is 0.952 bits per heavy atom. The number of likely N-dealkylation sites (tertiary alicyclic amines) is 1. The van der Waals surface area contributed by atoms with E-state index in [1.807, 2.05) is 37.3 Å². The van der Waals surface area contributed by atoms with Gasteiger partial charge in [-0.25, -0.2) is 15.5 Å². The molecule has 2 aliphatic heterocycles. The van der Waals surface area contributed by atoms with Crippen molar-refractivity contribution in [1.29, 1.82) is 0 Å². The number of hydrogen-bond acceptors (Lipinski definition) is 10. The van der Waals surface area contributed by atoms with Crippen LogP contribution in [0, 0.1) is 20.8 Å². The second kappa shape index (κ2) is 13.6. The minimum atomic E-state index is 0.304. The molecule has 0 bridgehead atoms. The lowest BCUT2D eigenvalue weighted by Crippen LogP contribution is -2.49. The number of pyridine rings is 1. The van der Waals surface area contributed by atoms with Crippen molar-refractivity contribution in [2.45, 2.75) is 39.7 Å². The summed E-state index contributed by atoms with van der Waals surface area (Å²) in [6, 6.07) is 12.4. The van der Waals surface area contributed by atoms with Gasteiger partial charge in [-0.3, -0.25) is 9.80 Å². The fourth-order valence-corrected chi connectivity index (χ4v) is 6.05. The fraction of sp³-hybridized carbons (Fsp3) is 0.516. The summed E-state index contributed by atoms with van der Waals surface area (Å²) in [5, 5.41) is 10.5. The third kappa shape index (κ3) is 7.86. The first-order valence-electron chi connectivity index (χ1n) is 15.0. The number of rotatable bonds is 10. The minimum absolute atomic E-state index is 0.304. The average Bonchev–Trinajstić information content (AvgIpc) is 3.33. The normalized spacial score (nSPS) is 18.0. The van der Waals surface area contributed by atoms with Crippen molar-refractivity contribution in [1.82, 2.24) is 39.7 Å². The van der Waals surface area contributed by atoms with Gasteiger partial charge in [-0.05, 0) is 62.9 Å². The summed E-state index contributed by atoms with van der Waals surface area (Å²) in [5.74, 6) is 7.05. The predicted octanol–water partition coefficient (Wildman–Crippen LogP) is 2.92. The highest BCUT2D eigenvalue weighted by Gasteiger charge is 2.26. The van der Waals surface area contributed by atoms with Crippen molar-refractivity contribution in [3.8, 4) is 23.0 Å². The number of benzene rings is 1. The van der Waals surface area contributed by atoms with Gasteiger partial charge in [0.25, 0.3) is 0 Å². The van der Waals surface area contributed by atoms with Gasteiger partial charge in [-0.2, -0.15) is 0 Å². The van der Waals surface area contributed by atoms with Crippen molar-refractivity contribution in [2.75, 3.05) is 66.0 Å². The van der Waals surface area contributed by atoms with Gasteiger partial charge in [-0.15, -0.1) is 5.10 Å². The molecule has 0 unspecified atom stereocenters. The Morgan fingerprint density at radius 2 is 1.60 bits per heavy atom. The number of nitrogens with two attached hydrogens (primary N) is 2. The Labute approximate surface area is 249 Å². The molecule has 2 saturated heterocycles. The molecule has 0 aliphatic carbocycles. The molecule has 1 aromatic carbocycles. The Balaban J connectivity index is 1.13. The van der Waals surface area contributed by atoms with E-state index in [9.17, 15) is 0 Å². The first kappa shape index (κ1) is 30.0. The number of piperidine rings is 1. The zero-order valence-corrected chi connectivity index (χ0v) is 25.5. The number of nitrogens with zero attached hydrogens (tertiary/aromatic N) is 8. The molecule has 3 aromatic rings. The molecule has 11 nitrogen and oxygen atoms in total. The third-order valence-electron chi connectivity index (χ3n) is 8.12. The molecular formula is C31H46N10O. The summed E-state index contributed by atoms with van der Waals surface area (Å²) in [4.78, 5) is 12.4. The second-order valence-corrected chi connectivity index (χ2v) is 11.8. The Morgan fingerprint density at radius 3 is 2.26 bits per heavy atom. The second-order valence-electron chi connectivity index (χ2n) is 11.8. The number of aromatic nitrogens is 4. The standard InChI is InChI=1S/C31H46N10O/c1-23-18-24(2)20-28(19-23)42-30-7-5-6-29(34-30)31-25(3)35-36-41(31)27-8-10-38(11-9-27)12-13-39-14-16-40(17-15-39)22-26(32)21-37(4)33/h5-7,18-21,27H,8-17,22,32-33H2,1-4H3/b26-21-. The maximum absolute atomic E-state index is 6.14. The van der Waals surface area contributed by atoms with Gasteiger partial charge in [0, 0.05) is 83.9 Å². The number of aryl methyl sites for hydroxylation is 3. The third-order valence-corrected chi connectivity index (χ3v) is 8.12. The number of hydrogen-bond donors (Lipinski definition) is 2. The molecule has 0 radical (unpaired) electrons. The first-order chi connectivity index (χ1) is 20.2. The monoisotopic (exact) mass is 574 g/mol. The van der Waals surface area contributed by atoms with Crippen molar-refractivity contribution < 1.29 is 4.74 Å². The Bertz CT molecular complexity index is 1330. The molecule has 0 spiro atoms. The lowest BCUT2D eigenvalue weighted by Gasteiger charge is -2.37. The highest BCUT2D eigenvalue weighted by Crippen LogP contribution is 2.31. The van der Waals surface area contributed by atoms with E-state index in [1.165, 1.54) is 16.1 Å². The maximum Gasteiger partial charge on any atom is 0.219 e. The molecular weight excluding hydrogens is 528 g/mol. The van der Waals surface area contributed by atoms with Crippen LogP contribution in [0.2, 0.25) is 0 Å². The quantitative estimate of drug-likeness (QED) is 0.276. The van der Waals surface area contributed by atoms with Gasteiger partial charge >= 0.3 is 0 Å². The van der Waals surface area contributed by atoms with Crippen LogP contribution in [0.25, 0.3) is 11.4 Å². The topological polar surface area (TPSA) is 118 Å². The molecule has 4 N–H and O–H groups in total. The summed E-state index contributed by atoms with van der Waals surface area (Å²) in [6.45, 7) is 15.4. The van der Waals surface area contributed by atoms with Crippen LogP contribution in [0.3, 0.4) is 0 Å². The first-order valence-corrected chi connectivity index (χ1v) is 15.0. The van der Waals surface area contributed by atoms with E-state index in [0.29, 0.717) is 11.9 Å². The summed E-state index contributed by atoms with van der Waals surface area (Å²) in [5.41, 5.74) is 11.9. The summed E-state index contributed by atoms with van der Waals surface area (Å²) in [7, 11) is 1.79. The van der Waals surface area contributed by atoms with E-state index < -0.39 is 0 Å². The molecule has 0 atom stereocenters. The Kier molecular flexibility index (Phi) is 9.73. The molecule has 4 heterocycles.